The number of aliphatic carboxylic acids is 1. The number of ether oxygens (including phenoxy) is 1. The highest BCUT2D eigenvalue weighted by molar-refractivity contribution is 6.31. The molecule has 0 bridgehead atoms. The lowest BCUT2D eigenvalue weighted by molar-refractivity contribution is -0.137. The Labute approximate surface area is 126 Å². The highest BCUT2D eigenvalue weighted by Gasteiger charge is 2.19. The van der Waals surface area contributed by atoms with Crippen LogP contribution in [0.2, 0.25) is 5.02 Å². The van der Waals surface area contributed by atoms with E-state index in [1.54, 1.807) is 25.1 Å². The second-order valence-electron chi connectivity index (χ2n) is 4.64. The molecule has 0 unspecified atom stereocenters. The van der Waals surface area contributed by atoms with Crippen LogP contribution in [0.5, 0.6) is 0 Å². The predicted molar refractivity (Wildman–Crippen MR) is 79.8 cm³/mol. The van der Waals surface area contributed by atoms with Crippen LogP contribution in [0.4, 0.5) is 0 Å². The summed E-state index contributed by atoms with van der Waals surface area (Å²) in [7, 11) is 0. The van der Waals surface area contributed by atoms with Crippen LogP contribution in [-0.2, 0) is 16.0 Å². The summed E-state index contributed by atoms with van der Waals surface area (Å²) < 4.78 is 5.04. The van der Waals surface area contributed by atoms with Gasteiger partial charge in [0.15, 0.2) is 0 Å². The van der Waals surface area contributed by atoms with E-state index in [9.17, 15) is 9.59 Å². The molecule has 0 atom stereocenters. The summed E-state index contributed by atoms with van der Waals surface area (Å²) in [6, 6.07) is 5.30. The zero-order valence-electron chi connectivity index (χ0n) is 11.6. The second kappa shape index (κ2) is 6.63. The number of nitrogens with one attached hydrogen (secondary N) is 1. The third-order valence-corrected chi connectivity index (χ3v) is 3.40. The fourth-order valence-corrected chi connectivity index (χ4v) is 2.45. The van der Waals surface area contributed by atoms with E-state index in [1.165, 1.54) is 0 Å². The van der Waals surface area contributed by atoms with Gasteiger partial charge in [-0.25, -0.2) is 4.79 Å². The van der Waals surface area contributed by atoms with Crippen LogP contribution in [0, 0.1) is 0 Å². The number of carbonyl (C=O) groups excluding carboxylic acids is 1. The molecule has 0 radical (unpaired) electrons. The average molecular weight is 310 g/mol. The Hall–Kier alpha value is -2.01. The number of carboxylic acids is 1. The van der Waals surface area contributed by atoms with E-state index in [-0.39, 0.29) is 13.0 Å². The van der Waals surface area contributed by atoms with Gasteiger partial charge in [0.2, 0.25) is 0 Å². The van der Waals surface area contributed by atoms with Crippen LogP contribution in [0.1, 0.15) is 35.8 Å². The van der Waals surface area contributed by atoms with Gasteiger partial charge in [0.25, 0.3) is 0 Å². The quantitative estimate of drug-likeness (QED) is 0.801. The number of rotatable bonds is 6. The van der Waals surface area contributed by atoms with Crippen LogP contribution in [0.3, 0.4) is 0 Å². The van der Waals surface area contributed by atoms with E-state index in [0.717, 1.165) is 16.5 Å². The summed E-state index contributed by atoms with van der Waals surface area (Å²) in [4.78, 5) is 25.7. The fourth-order valence-electron chi connectivity index (χ4n) is 2.27. The Kier molecular flexibility index (Phi) is 4.85. The summed E-state index contributed by atoms with van der Waals surface area (Å²) >= 11 is 6.00. The molecule has 2 aromatic rings. The Morgan fingerprint density at radius 2 is 2.14 bits per heavy atom. The molecule has 5 nitrogen and oxygen atoms in total. The molecular formula is C15H16ClNO4. The average Bonchev–Trinajstić information content (AvgIpc) is 2.77. The molecule has 0 aliphatic rings. The van der Waals surface area contributed by atoms with Crippen molar-refractivity contribution in [2.75, 3.05) is 6.61 Å². The lowest BCUT2D eigenvalue weighted by Crippen LogP contribution is -2.08. The maximum absolute atomic E-state index is 12.0. The molecule has 0 aliphatic heterocycles. The monoisotopic (exact) mass is 309 g/mol. The molecule has 1 heterocycles. The highest BCUT2D eigenvalue weighted by Crippen LogP contribution is 2.27. The normalized spacial score (nSPS) is 10.8. The van der Waals surface area contributed by atoms with Gasteiger partial charge in [0.1, 0.15) is 5.69 Å². The molecule has 21 heavy (non-hydrogen) atoms. The lowest BCUT2D eigenvalue weighted by atomic mass is 10.0. The number of aromatic nitrogens is 1. The minimum Gasteiger partial charge on any atom is -0.481 e. The summed E-state index contributed by atoms with van der Waals surface area (Å²) in [5.41, 5.74) is 1.92. The number of esters is 1. The van der Waals surface area contributed by atoms with Crippen molar-refractivity contribution in [1.29, 1.82) is 0 Å². The van der Waals surface area contributed by atoms with Crippen LogP contribution < -0.4 is 0 Å². The van der Waals surface area contributed by atoms with Crippen molar-refractivity contribution in [2.45, 2.75) is 26.2 Å². The fraction of sp³-hybridized carbons (Fsp3) is 0.333. The Morgan fingerprint density at radius 3 is 2.81 bits per heavy atom. The third-order valence-electron chi connectivity index (χ3n) is 3.17. The summed E-state index contributed by atoms with van der Waals surface area (Å²) in [5, 5.41) is 10.1. The van der Waals surface area contributed by atoms with Crippen molar-refractivity contribution in [3.63, 3.8) is 0 Å². The molecule has 1 aromatic heterocycles. The van der Waals surface area contributed by atoms with E-state index >= 15 is 0 Å². The topological polar surface area (TPSA) is 79.4 Å². The maximum Gasteiger partial charge on any atom is 0.355 e. The number of halogens is 1. The first-order valence-electron chi connectivity index (χ1n) is 6.72. The summed E-state index contributed by atoms with van der Waals surface area (Å²) in [6.07, 6.45) is 0.970. The van der Waals surface area contributed by atoms with Gasteiger partial charge in [-0.2, -0.15) is 0 Å². The molecular weight excluding hydrogens is 294 g/mol. The predicted octanol–water partition coefficient (Wildman–Crippen LogP) is 3.41. The van der Waals surface area contributed by atoms with Crippen LogP contribution in [-0.4, -0.2) is 28.6 Å². The zero-order chi connectivity index (χ0) is 15.4. The Balaban J connectivity index is 2.40. The third kappa shape index (κ3) is 3.55. The molecule has 0 fully saturated rings. The number of fused-ring (bicyclic) bond motifs is 1. The number of H-pyrrole nitrogens is 1. The molecule has 0 spiro atoms. The van der Waals surface area contributed by atoms with Gasteiger partial charge >= 0.3 is 11.9 Å². The smallest absolute Gasteiger partial charge is 0.355 e. The standard InChI is InChI=1S/C15H16ClNO4/c1-2-21-15(20)14-10(4-3-5-13(18)19)11-8-9(16)6-7-12(11)17-14/h6-8,17H,2-5H2,1H3,(H,18,19). The van der Waals surface area contributed by atoms with Gasteiger partial charge in [-0.15, -0.1) is 0 Å². The largest absolute Gasteiger partial charge is 0.481 e. The van der Waals surface area contributed by atoms with Crippen LogP contribution >= 0.6 is 11.6 Å². The second-order valence-corrected chi connectivity index (χ2v) is 5.07. The first-order chi connectivity index (χ1) is 10.0. The number of aromatic amines is 1. The molecule has 0 amide bonds. The van der Waals surface area contributed by atoms with E-state index < -0.39 is 11.9 Å². The molecule has 112 valence electrons. The first kappa shape index (κ1) is 15.4. The zero-order valence-corrected chi connectivity index (χ0v) is 12.4. The number of hydrogen-bond donors (Lipinski definition) is 2. The number of hydrogen-bond acceptors (Lipinski definition) is 3. The minimum atomic E-state index is -0.856. The number of aryl methyl sites for hydroxylation is 1. The summed E-state index contributed by atoms with van der Waals surface area (Å²) in [5.74, 6) is -1.29. The molecule has 6 heteroatoms. The molecule has 0 saturated carbocycles. The molecule has 0 saturated heterocycles. The Morgan fingerprint density at radius 1 is 1.38 bits per heavy atom. The van der Waals surface area contributed by atoms with Gasteiger partial charge in [-0.05, 0) is 43.5 Å². The van der Waals surface area contributed by atoms with E-state index in [4.69, 9.17) is 21.4 Å². The highest BCUT2D eigenvalue weighted by atomic mass is 35.5. The van der Waals surface area contributed by atoms with Gasteiger partial charge in [0, 0.05) is 22.3 Å². The van der Waals surface area contributed by atoms with Crippen molar-refractivity contribution in [3.8, 4) is 0 Å². The lowest BCUT2D eigenvalue weighted by Gasteiger charge is -2.04. The molecule has 1 aromatic carbocycles. The molecule has 2 N–H and O–H groups in total. The van der Waals surface area contributed by atoms with E-state index in [1.807, 2.05) is 0 Å². The SMILES string of the molecule is CCOC(=O)c1[nH]c2ccc(Cl)cc2c1CCCC(=O)O. The Bertz CT molecular complexity index is 678. The van der Waals surface area contributed by atoms with Crippen LogP contribution in [0.15, 0.2) is 18.2 Å². The van der Waals surface area contributed by atoms with Gasteiger partial charge in [-0.1, -0.05) is 11.6 Å². The molecule has 2 rings (SSSR count). The van der Waals surface area contributed by atoms with Gasteiger partial charge in [-0.3, -0.25) is 4.79 Å². The van der Waals surface area contributed by atoms with E-state index in [0.29, 0.717) is 23.6 Å². The minimum absolute atomic E-state index is 0.0511. The van der Waals surface area contributed by atoms with Gasteiger partial charge < -0.3 is 14.8 Å². The van der Waals surface area contributed by atoms with E-state index in [2.05, 4.69) is 4.98 Å². The van der Waals surface area contributed by atoms with Crippen molar-refractivity contribution in [1.82, 2.24) is 4.98 Å². The summed E-state index contributed by atoms with van der Waals surface area (Å²) in [6.45, 7) is 2.02. The number of carboxylic acid groups (broad SMARTS) is 1. The molecule has 0 aliphatic carbocycles. The maximum atomic E-state index is 12.0. The van der Waals surface area contributed by atoms with Crippen molar-refractivity contribution in [3.05, 3.63) is 34.5 Å². The van der Waals surface area contributed by atoms with Crippen molar-refractivity contribution >= 4 is 34.4 Å². The van der Waals surface area contributed by atoms with Crippen LogP contribution in [0.25, 0.3) is 10.9 Å². The van der Waals surface area contributed by atoms with Crippen molar-refractivity contribution < 1.29 is 19.4 Å². The van der Waals surface area contributed by atoms with Gasteiger partial charge in [0.05, 0.1) is 6.61 Å². The number of benzene rings is 1. The number of carbonyl (C=O) groups is 2. The van der Waals surface area contributed by atoms with Crippen molar-refractivity contribution in [2.24, 2.45) is 0 Å². The first-order valence-corrected chi connectivity index (χ1v) is 7.09.